The van der Waals surface area contributed by atoms with E-state index >= 15 is 0 Å². The van der Waals surface area contributed by atoms with Gasteiger partial charge in [0.15, 0.2) is 0 Å². The number of nitrogens with zero attached hydrogens (tertiary/aromatic N) is 1. The predicted molar refractivity (Wildman–Crippen MR) is 82.4 cm³/mol. The van der Waals surface area contributed by atoms with Crippen molar-refractivity contribution in [1.29, 1.82) is 0 Å². The summed E-state index contributed by atoms with van der Waals surface area (Å²) < 4.78 is 5.75. The lowest BCUT2D eigenvalue weighted by Crippen LogP contribution is -2.35. The molecule has 2 rings (SSSR count). The molecule has 0 saturated carbocycles. The van der Waals surface area contributed by atoms with Crippen LogP contribution in [0.15, 0.2) is 24.3 Å². The number of rotatable bonds is 6. The van der Waals surface area contributed by atoms with Crippen LogP contribution in [-0.4, -0.2) is 35.7 Å². The van der Waals surface area contributed by atoms with Crippen molar-refractivity contribution < 1.29 is 14.6 Å². The first kappa shape index (κ1) is 15.8. The van der Waals surface area contributed by atoms with Gasteiger partial charge in [0.25, 0.3) is 0 Å². The van der Waals surface area contributed by atoms with Crippen molar-refractivity contribution in [2.24, 2.45) is 11.8 Å². The van der Waals surface area contributed by atoms with Gasteiger partial charge in [-0.05, 0) is 49.5 Å². The molecule has 0 radical (unpaired) electrons. The van der Waals surface area contributed by atoms with E-state index < -0.39 is 5.97 Å². The summed E-state index contributed by atoms with van der Waals surface area (Å²) in [4.78, 5) is 13.3. The molecule has 1 saturated heterocycles. The number of likely N-dealkylation sites (tertiary alicyclic amines) is 1. The van der Waals surface area contributed by atoms with Crippen LogP contribution in [0.4, 0.5) is 0 Å². The van der Waals surface area contributed by atoms with Gasteiger partial charge in [0.1, 0.15) is 5.75 Å². The van der Waals surface area contributed by atoms with Crippen molar-refractivity contribution in [1.82, 2.24) is 4.90 Å². The van der Waals surface area contributed by atoms with E-state index in [4.69, 9.17) is 9.84 Å². The van der Waals surface area contributed by atoms with Crippen molar-refractivity contribution in [3.8, 4) is 5.75 Å². The summed E-state index contributed by atoms with van der Waals surface area (Å²) in [6, 6.07) is 8.20. The van der Waals surface area contributed by atoms with E-state index in [1.165, 1.54) is 5.56 Å². The van der Waals surface area contributed by atoms with Crippen molar-refractivity contribution >= 4 is 5.97 Å². The third-order valence-corrected chi connectivity index (χ3v) is 3.82. The maximum Gasteiger partial charge on any atom is 0.306 e. The Morgan fingerprint density at radius 2 is 2.10 bits per heavy atom. The summed E-state index contributed by atoms with van der Waals surface area (Å²) in [5.74, 6) is 0.617. The van der Waals surface area contributed by atoms with Gasteiger partial charge in [0, 0.05) is 6.54 Å². The van der Waals surface area contributed by atoms with Crippen LogP contribution in [0.5, 0.6) is 5.75 Å². The normalized spacial score (nSPS) is 17.1. The Morgan fingerprint density at radius 1 is 1.38 bits per heavy atom. The van der Waals surface area contributed by atoms with Crippen molar-refractivity contribution in [2.75, 3.05) is 19.7 Å². The van der Waals surface area contributed by atoms with E-state index in [-0.39, 0.29) is 5.92 Å². The van der Waals surface area contributed by atoms with Gasteiger partial charge in [-0.1, -0.05) is 26.0 Å². The molecule has 1 aliphatic heterocycles. The molecular formula is C17H25NO3. The summed E-state index contributed by atoms with van der Waals surface area (Å²) in [5, 5.41) is 9.02. The highest BCUT2D eigenvalue weighted by atomic mass is 16.5. The van der Waals surface area contributed by atoms with Crippen LogP contribution in [-0.2, 0) is 11.3 Å². The Morgan fingerprint density at radius 3 is 2.71 bits per heavy atom. The van der Waals surface area contributed by atoms with Crippen LogP contribution in [0, 0.1) is 11.8 Å². The quantitative estimate of drug-likeness (QED) is 0.875. The van der Waals surface area contributed by atoms with Gasteiger partial charge >= 0.3 is 5.97 Å². The maximum atomic E-state index is 11.0. The lowest BCUT2D eigenvalue weighted by molar-refractivity contribution is -0.143. The number of hydrogen-bond acceptors (Lipinski definition) is 3. The van der Waals surface area contributed by atoms with E-state index in [1.54, 1.807) is 0 Å². The lowest BCUT2D eigenvalue weighted by Gasteiger charge is -2.30. The number of benzene rings is 1. The summed E-state index contributed by atoms with van der Waals surface area (Å²) in [7, 11) is 0. The zero-order valence-corrected chi connectivity index (χ0v) is 12.9. The molecule has 0 aromatic heterocycles. The molecule has 1 heterocycles. The molecule has 1 N–H and O–H groups in total. The van der Waals surface area contributed by atoms with E-state index in [0.29, 0.717) is 5.92 Å². The van der Waals surface area contributed by atoms with Gasteiger partial charge in [-0.2, -0.15) is 0 Å². The van der Waals surface area contributed by atoms with Gasteiger partial charge in [-0.15, -0.1) is 0 Å². The summed E-state index contributed by atoms with van der Waals surface area (Å²) >= 11 is 0. The molecule has 1 fully saturated rings. The van der Waals surface area contributed by atoms with E-state index in [1.807, 2.05) is 12.1 Å². The second kappa shape index (κ2) is 7.46. The van der Waals surface area contributed by atoms with Crippen molar-refractivity contribution in [3.63, 3.8) is 0 Å². The van der Waals surface area contributed by atoms with Gasteiger partial charge < -0.3 is 9.84 Å². The Bertz CT molecular complexity index is 465. The van der Waals surface area contributed by atoms with Gasteiger partial charge in [0.05, 0.1) is 12.5 Å². The van der Waals surface area contributed by atoms with Crippen LogP contribution in [0.1, 0.15) is 32.3 Å². The Hall–Kier alpha value is -1.55. The first-order chi connectivity index (χ1) is 10.0. The maximum absolute atomic E-state index is 11.0. The Balaban J connectivity index is 1.86. The molecule has 1 aliphatic rings. The molecule has 4 nitrogen and oxygen atoms in total. The Labute approximate surface area is 126 Å². The second-order valence-corrected chi connectivity index (χ2v) is 6.24. The molecule has 1 aromatic rings. The van der Waals surface area contributed by atoms with Gasteiger partial charge in [-0.25, -0.2) is 0 Å². The number of carboxylic acids is 1. The fourth-order valence-corrected chi connectivity index (χ4v) is 2.59. The molecule has 0 atom stereocenters. The highest BCUT2D eigenvalue weighted by molar-refractivity contribution is 5.70. The molecule has 1 aromatic carbocycles. The number of carboxylic acid groups (broad SMARTS) is 1. The van der Waals surface area contributed by atoms with Crippen LogP contribution in [0.3, 0.4) is 0 Å². The number of aliphatic carboxylic acids is 1. The molecule has 0 spiro atoms. The molecule has 0 bridgehead atoms. The molecule has 21 heavy (non-hydrogen) atoms. The number of ether oxygens (including phenoxy) is 1. The smallest absolute Gasteiger partial charge is 0.306 e. The summed E-state index contributed by atoms with van der Waals surface area (Å²) in [6.07, 6.45) is 1.50. The zero-order valence-electron chi connectivity index (χ0n) is 12.9. The average molecular weight is 291 g/mol. The van der Waals surface area contributed by atoms with Crippen LogP contribution in [0.2, 0.25) is 0 Å². The van der Waals surface area contributed by atoms with E-state index in [9.17, 15) is 4.79 Å². The molecule has 0 unspecified atom stereocenters. The average Bonchev–Trinajstić information content (AvgIpc) is 2.46. The minimum atomic E-state index is -0.654. The molecule has 0 amide bonds. The lowest BCUT2D eigenvalue weighted by atomic mass is 9.97. The van der Waals surface area contributed by atoms with Gasteiger partial charge in [0.2, 0.25) is 0 Å². The number of hydrogen-bond donors (Lipinski definition) is 1. The predicted octanol–water partition coefficient (Wildman–Crippen LogP) is 3.02. The van der Waals surface area contributed by atoms with E-state index in [0.717, 1.165) is 44.8 Å². The monoisotopic (exact) mass is 291 g/mol. The van der Waals surface area contributed by atoms with E-state index in [2.05, 4.69) is 30.9 Å². The molecule has 4 heteroatoms. The van der Waals surface area contributed by atoms with Crippen LogP contribution in [0.25, 0.3) is 0 Å². The fourth-order valence-electron chi connectivity index (χ4n) is 2.59. The molecular weight excluding hydrogens is 266 g/mol. The Kier molecular flexibility index (Phi) is 5.62. The van der Waals surface area contributed by atoms with Crippen LogP contribution < -0.4 is 4.74 Å². The topological polar surface area (TPSA) is 49.8 Å². The standard InChI is InChI=1S/C17H25NO3/c1-13(2)12-21-16-5-3-4-14(10-16)11-18-8-6-15(7-9-18)17(19)20/h3-5,10,13,15H,6-9,11-12H2,1-2H3,(H,19,20). The highest BCUT2D eigenvalue weighted by Crippen LogP contribution is 2.21. The SMILES string of the molecule is CC(C)COc1cccc(CN2CCC(C(=O)O)CC2)c1. The van der Waals surface area contributed by atoms with Crippen molar-refractivity contribution in [3.05, 3.63) is 29.8 Å². The van der Waals surface area contributed by atoms with Gasteiger partial charge in [-0.3, -0.25) is 9.69 Å². The highest BCUT2D eigenvalue weighted by Gasteiger charge is 2.24. The molecule has 0 aliphatic carbocycles. The first-order valence-electron chi connectivity index (χ1n) is 7.71. The summed E-state index contributed by atoms with van der Waals surface area (Å²) in [6.45, 7) is 7.58. The number of piperidine rings is 1. The first-order valence-corrected chi connectivity index (χ1v) is 7.71. The largest absolute Gasteiger partial charge is 0.493 e. The fraction of sp³-hybridized carbons (Fsp3) is 0.588. The number of carbonyl (C=O) groups is 1. The summed E-state index contributed by atoms with van der Waals surface area (Å²) in [5.41, 5.74) is 1.23. The molecule has 116 valence electrons. The third-order valence-electron chi connectivity index (χ3n) is 3.82. The second-order valence-electron chi connectivity index (χ2n) is 6.24. The zero-order chi connectivity index (χ0) is 15.2. The van der Waals surface area contributed by atoms with Crippen LogP contribution >= 0.6 is 0 Å². The van der Waals surface area contributed by atoms with Crippen molar-refractivity contribution in [2.45, 2.75) is 33.2 Å². The minimum absolute atomic E-state index is 0.165. The minimum Gasteiger partial charge on any atom is -0.493 e. The third kappa shape index (κ3) is 5.05.